The van der Waals surface area contributed by atoms with Crippen LogP contribution in [0.1, 0.15) is 38.1 Å². The molecule has 4 nitrogen and oxygen atoms in total. The minimum Gasteiger partial charge on any atom is -0.388 e. The highest BCUT2D eigenvalue weighted by molar-refractivity contribution is 9.10. The second-order valence-electron chi connectivity index (χ2n) is 5.49. The Morgan fingerprint density at radius 3 is 2.78 bits per heavy atom. The topological polar surface area (TPSA) is 50.1 Å². The molecule has 1 fully saturated rings. The number of nitrogens with one attached hydrogen (secondary N) is 1. The summed E-state index contributed by atoms with van der Waals surface area (Å²) in [6.07, 6.45) is 3.10. The van der Waals surface area contributed by atoms with Gasteiger partial charge in [-0.05, 0) is 49.5 Å². The Bertz CT molecular complexity index is 424. The van der Waals surface area contributed by atoms with Gasteiger partial charge in [0.15, 0.2) is 0 Å². The van der Waals surface area contributed by atoms with Crippen molar-refractivity contribution in [2.45, 2.75) is 58.2 Å². The molecule has 1 atom stereocenters. The van der Waals surface area contributed by atoms with E-state index in [9.17, 15) is 5.11 Å². The van der Waals surface area contributed by atoms with Crippen molar-refractivity contribution in [3.8, 4) is 0 Å². The van der Waals surface area contributed by atoms with Crippen LogP contribution in [0.15, 0.2) is 4.47 Å². The van der Waals surface area contributed by atoms with Gasteiger partial charge in [-0.2, -0.15) is 5.10 Å². The SMILES string of the molecule is CCn1nc(C)c(Br)c1CC(C)(O)CNC1CC1. The summed E-state index contributed by atoms with van der Waals surface area (Å²) < 4.78 is 2.99. The van der Waals surface area contributed by atoms with Gasteiger partial charge in [0.25, 0.3) is 0 Å². The van der Waals surface area contributed by atoms with Crippen LogP contribution in [0.5, 0.6) is 0 Å². The van der Waals surface area contributed by atoms with Gasteiger partial charge >= 0.3 is 0 Å². The molecule has 1 aliphatic rings. The highest BCUT2D eigenvalue weighted by atomic mass is 79.9. The predicted octanol–water partition coefficient (Wildman–Crippen LogP) is 2.02. The van der Waals surface area contributed by atoms with Crippen LogP contribution in [-0.4, -0.2) is 33.1 Å². The summed E-state index contributed by atoms with van der Waals surface area (Å²) in [5, 5.41) is 18.3. The maximum Gasteiger partial charge on any atom is 0.0799 e. The fraction of sp³-hybridized carbons (Fsp3) is 0.769. The van der Waals surface area contributed by atoms with Crippen molar-refractivity contribution in [3.63, 3.8) is 0 Å². The molecule has 0 aliphatic heterocycles. The zero-order chi connectivity index (χ0) is 13.3. The third kappa shape index (κ3) is 3.33. The van der Waals surface area contributed by atoms with Crippen LogP contribution in [0.3, 0.4) is 0 Å². The van der Waals surface area contributed by atoms with E-state index in [1.165, 1.54) is 12.8 Å². The molecule has 2 N–H and O–H groups in total. The number of halogens is 1. The molecule has 2 rings (SSSR count). The average molecular weight is 316 g/mol. The summed E-state index contributed by atoms with van der Waals surface area (Å²) in [5.74, 6) is 0. The van der Waals surface area contributed by atoms with Crippen LogP contribution in [0.4, 0.5) is 0 Å². The summed E-state index contributed by atoms with van der Waals surface area (Å²) in [7, 11) is 0. The molecule has 0 spiro atoms. The monoisotopic (exact) mass is 315 g/mol. The molecule has 1 aromatic rings. The molecule has 1 saturated carbocycles. The number of aryl methyl sites for hydroxylation is 2. The van der Waals surface area contributed by atoms with Gasteiger partial charge in [0.2, 0.25) is 0 Å². The first-order valence-electron chi connectivity index (χ1n) is 6.60. The number of hydrogen-bond acceptors (Lipinski definition) is 3. The molecule has 102 valence electrons. The van der Waals surface area contributed by atoms with Gasteiger partial charge in [-0.25, -0.2) is 0 Å². The van der Waals surface area contributed by atoms with Crippen LogP contribution in [0, 0.1) is 6.92 Å². The van der Waals surface area contributed by atoms with Crippen molar-refractivity contribution in [3.05, 3.63) is 15.9 Å². The van der Waals surface area contributed by atoms with E-state index in [1.54, 1.807) is 0 Å². The minimum atomic E-state index is -0.732. The second kappa shape index (κ2) is 5.31. The lowest BCUT2D eigenvalue weighted by Gasteiger charge is -2.24. The van der Waals surface area contributed by atoms with E-state index in [-0.39, 0.29) is 0 Å². The van der Waals surface area contributed by atoms with Gasteiger partial charge in [0.05, 0.1) is 21.5 Å². The lowest BCUT2D eigenvalue weighted by Crippen LogP contribution is -2.41. The Labute approximate surface area is 117 Å². The first-order chi connectivity index (χ1) is 8.43. The van der Waals surface area contributed by atoms with Crippen LogP contribution in [-0.2, 0) is 13.0 Å². The van der Waals surface area contributed by atoms with Gasteiger partial charge in [0.1, 0.15) is 0 Å². The average Bonchev–Trinajstić information content (AvgIpc) is 3.10. The number of hydrogen-bond donors (Lipinski definition) is 2. The number of nitrogens with zero attached hydrogens (tertiary/aromatic N) is 2. The summed E-state index contributed by atoms with van der Waals surface area (Å²) in [4.78, 5) is 0. The van der Waals surface area contributed by atoms with Gasteiger partial charge in [0, 0.05) is 25.6 Å². The molecule has 1 aliphatic carbocycles. The van der Waals surface area contributed by atoms with Crippen molar-refractivity contribution in [1.82, 2.24) is 15.1 Å². The maximum atomic E-state index is 10.5. The molecule has 0 radical (unpaired) electrons. The number of aliphatic hydroxyl groups is 1. The molecule has 5 heteroatoms. The zero-order valence-corrected chi connectivity index (χ0v) is 12.9. The predicted molar refractivity (Wildman–Crippen MR) is 75.7 cm³/mol. The van der Waals surface area contributed by atoms with Gasteiger partial charge in [-0.3, -0.25) is 4.68 Å². The van der Waals surface area contributed by atoms with Crippen molar-refractivity contribution in [1.29, 1.82) is 0 Å². The maximum absolute atomic E-state index is 10.5. The Balaban J connectivity index is 2.06. The van der Waals surface area contributed by atoms with Crippen LogP contribution in [0.2, 0.25) is 0 Å². The van der Waals surface area contributed by atoms with Gasteiger partial charge in [-0.1, -0.05) is 0 Å². The summed E-state index contributed by atoms with van der Waals surface area (Å²) in [6.45, 7) is 7.40. The molecule has 0 bridgehead atoms. The third-order valence-electron chi connectivity index (χ3n) is 3.35. The molecule has 0 saturated heterocycles. The Kier molecular flexibility index (Phi) is 4.14. The Morgan fingerprint density at radius 2 is 2.22 bits per heavy atom. The molecule has 1 aromatic heterocycles. The summed E-state index contributed by atoms with van der Waals surface area (Å²) in [6, 6.07) is 0.623. The van der Waals surface area contributed by atoms with E-state index < -0.39 is 5.60 Å². The highest BCUT2D eigenvalue weighted by Gasteiger charge is 2.29. The van der Waals surface area contributed by atoms with Crippen LogP contribution >= 0.6 is 15.9 Å². The standard InChI is InChI=1S/C13H22BrN3O/c1-4-17-11(12(14)9(2)16-17)7-13(3,18)8-15-10-5-6-10/h10,15,18H,4-8H2,1-3H3. The smallest absolute Gasteiger partial charge is 0.0799 e. The normalized spacial score (nSPS) is 18.9. The Morgan fingerprint density at radius 1 is 1.56 bits per heavy atom. The molecular weight excluding hydrogens is 294 g/mol. The van der Waals surface area contributed by atoms with E-state index in [0.717, 1.165) is 22.4 Å². The van der Waals surface area contributed by atoms with Crippen LogP contribution < -0.4 is 5.32 Å². The second-order valence-corrected chi connectivity index (χ2v) is 6.28. The van der Waals surface area contributed by atoms with E-state index in [0.29, 0.717) is 19.0 Å². The lowest BCUT2D eigenvalue weighted by molar-refractivity contribution is 0.0575. The highest BCUT2D eigenvalue weighted by Crippen LogP contribution is 2.26. The first kappa shape index (κ1) is 14.0. The minimum absolute atomic E-state index is 0.613. The van der Waals surface area contributed by atoms with E-state index in [2.05, 4.69) is 33.3 Å². The Hall–Kier alpha value is -0.390. The molecular formula is C13H22BrN3O. The molecule has 1 unspecified atom stereocenters. The lowest BCUT2D eigenvalue weighted by atomic mass is 10.00. The summed E-state index contributed by atoms with van der Waals surface area (Å²) >= 11 is 3.57. The van der Waals surface area contributed by atoms with Crippen molar-refractivity contribution >= 4 is 15.9 Å². The van der Waals surface area contributed by atoms with Crippen molar-refractivity contribution in [2.24, 2.45) is 0 Å². The number of aromatic nitrogens is 2. The molecule has 18 heavy (non-hydrogen) atoms. The van der Waals surface area contributed by atoms with Crippen molar-refractivity contribution in [2.75, 3.05) is 6.54 Å². The fourth-order valence-electron chi connectivity index (χ4n) is 2.11. The van der Waals surface area contributed by atoms with E-state index in [1.807, 2.05) is 18.5 Å². The summed E-state index contributed by atoms with van der Waals surface area (Å²) in [5.41, 5.74) is 1.33. The fourth-order valence-corrected chi connectivity index (χ4v) is 2.54. The number of rotatable bonds is 6. The quantitative estimate of drug-likeness (QED) is 0.844. The van der Waals surface area contributed by atoms with Crippen molar-refractivity contribution < 1.29 is 5.11 Å². The van der Waals surface area contributed by atoms with Crippen LogP contribution in [0.25, 0.3) is 0 Å². The molecule has 0 amide bonds. The zero-order valence-electron chi connectivity index (χ0n) is 11.3. The first-order valence-corrected chi connectivity index (χ1v) is 7.40. The third-order valence-corrected chi connectivity index (χ3v) is 4.38. The van der Waals surface area contributed by atoms with Gasteiger partial charge < -0.3 is 10.4 Å². The molecule has 0 aromatic carbocycles. The largest absolute Gasteiger partial charge is 0.388 e. The van der Waals surface area contributed by atoms with E-state index >= 15 is 0 Å². The van der Waals surface area contributed by atoms with Gasteiger partial charge in [-0.15, -0.1) is 0 Å². The molecule has 1 heterocycles. The van der Waals surface area contributed by atoms with E-state index in [4.69, 9.17) is 0 Å².